The zero-order valence-electron chi connectivity index (χ0n) is 11.6. The molecule has 1 aromatic carbocycles. The molecule has 2 aliphatic heterocycles. The Labute approximate surface area is 128 Å². The van der Waals surface area contributed by atoms with Crippen LogP contribution < -0.4 is 14.8 Å². The molecular weight excluding hydrogens is 318 g/mol. The summed E-state index contributed by atoms with van der Waals surface area (Å²) in [5.74, 6) is 2.07. The second kappa shape index (κ2) is 4.92. The van der Waals surface area contributed by atoms with E-state index in [9.17, 15) is 0 Å². The minimum Gasteiger partial charge on any atom is -0.448 e. The van der Waals surface area contributed by atoms with Crippen molar-refractivity contribution in [1.82, 2.24) is 5.32 Å². The second-order valence-electron chi connectivity index (χ2n) is 6.19. The van der Waals surface area contributed by atoms with Crippen LogP contribution in [0, 0.1) is 0 Å². The molecule has 4 rings (SSSR count). The van der Waals surface area contributed by atoms with Gasteiger partial charge in [0.15, 0.2) is 11.5 Å². The molecule has 20 heavy (non-hydrogen) atoms. The highest BCUT2D eigenvalue weighted by Crippen LogP contribution is 2.49. The van der Waals surface area contributed by atoms with Crippen molar-refractivity contribution in [2.75, 3.05) is 13.1 Å². The van der Waals surface area contributed by atoms with Gasteiger partial charge >= 0.3 is 0 Å². The number of benzene rings is 1. The van der Waals surface area contributed by atoms with Crippen LogP contribution in [-0.2, 0) is 0 Å². The Morgan fingerprint density at radius 2 is 1.85 bits per heavy atom. The third kappa shape index (κ3) is 2.13. The first-order valence-electron chi connectivity index (χ1n) is 7.68. The van der Waals surface area contributed by atoms with Gasteiger partial charge < -0.3 is 14.8 Å². The number of halogens is 1. The van der Waals surface area contributed by atoms with Gasteiger partial charge in [-0.3, -0.25) is 0 Å². The quantitative estimate of drug-likeness (QED) is 0.841. The van der Waals surface area contributed by atoms with Gasteiger partial charge in [0.05, 0.1) is 0 Å². The number of hydrogen-bond donors (Lipinski definition) is 1. The SMILES string of the molecule is Brc1cc2c(cc1C1CCCNC1)OC1(CCCC1)O2. The van der Waals surface area contributed by atoms with Crippen LogP contribution in [-0.4, -0.2) is 18.9 Å². The van der Waals surface area contributed by atoms with Gasteiger partial charge in [-0.25, -0.2) is 0 Å². The molecule has 2 heterocycles. The lowest BCUT2D eigenvalue weighted by Gasteiger charge is -2.24. The van der Waals surface area contributed by atoms with E-state index in [2.05, 4.69) is 33.4 Å². The molecule has 2 fully saturated rings. The Bertz CT molecular complexity index is 519. The maximum atomic E-state index is 6.18. The first kappa shape index (κ1) is 13.0. The van der Waals surface area contributed by atoms with Gasteiger partial charge in [0.2, 0.25) is 0 Å². The second-order valence-corrected chi connectivity index (χ2v) is 7.04. The third-order valence-corrected chi connectivity index (χ3v) is 5.44. The van der Waals surface area contributed by atoms with Gasteiger partial charge in [0.25, 0.3) is 5.79 Å². The maximum absolute atomic E-state index is 6.18. The minimum absolute atomic E-state index is 0.356. The summed E-state index contributed by atoms with van der Waals surface area (Å²) in [4.78, 5) is 0. The van der Waals surface area contributed by atoms with Crippen molar-refractivity contribution in [2.45, 2.75) is 50.2 Å². The van der Waals surface area contributed by atoms with Crippen LogP contribution in [0.25, 0.3) is 0 Å². The predicted octanol–water partition coefficient (Wildman–Crippen LogP) is 3.96. The summed E-state index contributed by atoms with van der Waals surface area (Å²) >= 11 is 3.72. The summed E-state index contributed by atoms with van der Waals surface area (Å²) in [5.41, 5.74) is 1.36. The molecule has 1 atom stereocenters. The lowest BCUT2D eigenvalue weighted by Crippen LogP contribution is -2.34. The van der Waals surface area contributed by atoms with Crippen LogP contribution in [0.1, 0.15) is 50.0 Å². The molecule has 0 aromatic heterocycles. The summed E-state index contributed by atoms with van der Waals surface area (Å²) in [6, 6.07) is 4.30. The van der Waals surface area contributed by atoms with E-state index in [0.717, 1.165) is 41.9 Å². The fourth-order valence-electron chi connectivity index (χ4n) is 3.68. The number of piperidine rings is 1. The molecule has 3 nitrogen and oxygen atoms in total. The van der Waals surface area contributed by atoms with Crippen molar-refractivity contribution in [3.8, 4) is 11.5 Å². The average molecular weight is 338 g/mol. The molecule has 3 aliphatic rings. The normalized spacial score (nSPS) is 27.1. The topological polar surface area (TPSA) is 30.5 Å². The predicted molar refractivity (Wildman–Crippen MR) is 81.4 cm³/mol. The van der Waals surface area contributed by atoms with Crippen LogP contribution in [0.3, 0.4) is 0 Å². The number of rotatable bonds is 1. The molecule has 1 saturated heterocycles. The summed E-state index contributed by atoms with van der Waals surface area (Å²) < 4.78 is 13.4. The van der Waals surface area contributed by atoms with Crippen LogP contribution in [0.4, 0.5) is 0 Å². The molecule has 1 spiro atoms. The molecule has 1 aromatic rings. The lowest BCUT2D eigenvalue weighted by molar-refractivity contribution is -0.0716. The molecule has 1 unspecified atom stereocenters. The molecule has 1 aliphatic carbocycles. The first-order chi connectivity index (χ1) is 9.76. The van der Waals surface area contributed by atoms with Crippen molar-refractivity contribution in [2.24, 2.45) is 0 Å². The summed E-state index contributed by atoms with van der Waals surface area (Å²) in [5, 5.41) is 3.48. The highest BCUT2D eigenvalue weighted by Gasteiger charge is 2.44. The zero-order chi connectivity index (χ0) is 13.6. The first-order valence-corrected chi connectivity index (χ1v) is 8.47. The van der Waals surface area contributed by atoms with E-state index in [1.165, 1.54) is 31.2 Å². The largest absolute Gasteiger partial charge is 0.448 e. The highest BCUT2D eigenvalue weighted by atomic mass is 79.9. The van der Waals surface area contributed by atoms with Gasteiger partial charge in [-0.15, -0.1) is 0 Å². The molecule has 1 N–H and O–H groups in total. The monoisotopic (exact) mass is 337 g/mol. The van der Waals surface area contributed by atoms with Crippen molar-refractivity contribution >= 4 is 15.9 Å². The Hall–Kier alpha value is -0.740. The molecular formula is C16H20BrNO2. The van der Waals surface area contributed by atoms with E-state index in [0.29, 0.717) is 5.92 Å². The van der Waals surface area contributed by atoms with Crippen molar-refractivity contribution < 1.29 is 9.47 Å². The number of hydrogen-bond acceptors (Lipinski definition) is 3. The van der Waals surface area contributed by atoms with Gasteiger partial charge in [-0.05, 0) is 55.8 Å². The summed E-state index contributed by atoms with van der Waals surface area (Å²) in [6.07, 6.45) is 6.92. The highest BCUT2D eigenvalue weighted by molar-refractivity contribution is 9.10. The molecule has 0 amide bonds. The fourth-order valence-corrected chi connectivity index (χ4v) is 4.33. The van der Waals surface area contributed by atoms with Crippen molar-refractivity contribution in [3.63, 3.8) is 0 Å². The standard InChI is InChI=1S/C16H20BrNO2/c17-13-9-15-14(19-16(20-15)5-1-2-6-16)8-12(13)11-4-3-7-18-10-11/h8-9,11,18H,1-7,10H2. The molecule has 4 heteroatoms. The van der Waals surface area contributed by atoms with Crippen molar-refractivity contribution in [1.29, 1.82) is 0 Å². The van der Waals surface area contributed by atoms with Gasteiger partial charge in [0.1, 0.15) is 0 Å². The Morgan fingerprint density at radius 1 is 1.10 bits per heavy atom. The summed E-state index contributed by atoms with van der Waals surface area (Å²) in [7, 11) is 0. The number of nitrogens with one attached hydrogen (secondary N) is 1. The molecule has 0 bridgehead atoms. The van der Waals surface area contributed by atoms with Crippen LogP contribution in [0.15, 0.2) is 16.6 Å². The molecule has 1 saturated carbocycles. The summed E-state index contributed by atoms with van der Waals surface area (Å²) in [6.45, 7) is 2.20. The minimum atomic E-state index is -0.356. The molecule has 0 radical (unpaired) electrons. The maximum Gasteiger partial charge on any atom is 0.251 e. The Morgan fingerprint density at radius 3 is 2.55 bits per heavy atom. The van der Waals surface area contributed by atoms with Crippen LogP contribution >= 0.6 is 15.9 Å². The van der Waals surface area contributed by atoms with E-state index in [4.69, 9.17) is 9.47 Å². The smallest absolute Gasteiger partial charge is 0.251 e. The van der Waals surface area contributed by atoms with Crippen LogP contribution in [0.2, 0.25) is 0 Å². The van der Waals surface area contributed by atoms with E-state index in [1.54, 1.807) is 0 Å². The van der Waals surface area contributed by atoms with Crippen molar-refractivity contribution in [3.05, 3.63) is 22.2 Å². The molecule has 108 valence electrons. The van der Waals surface area contributed by atoms with E-state index in [-0.39, 0.29) is 5.79 Å². The van der Waals surface area contributed by atoms with E-state index < -0.39 is 0 Å². The zero-order valence-corrected chi connectivity index (χ0v) is 13.2. The Balaban J connectivity index is 1.64. The Kier molecular flexibility index (Phi) is 3.19. The van der Waals surface area contributed by atoms with Crippen LogP contribution in [0.5, 0.6) is 11.5 Å². The van der Waals surface area contributed by atoms with E-state index in [1.807, 2.05) is 0 Å². The number of fused-ring (bicyclic) bond motifs is 1. The van der Waals surface area contributed by atoms with Gasteiger partial charge in [-0.1, -0.05) is 15.9 Å². The van der Waals surface area contributed by atoms with Gasteiger partial charge in [0, 0.05) is 23.9 Å². The third-order valence-electron chi connectivity index (χ3n) is 4.76. The number of ether oxygens (including phenoxy) is 2. The average Bonchev–Trinajstić information content (AvgIpc) is 3.05. The van der Waals surface area contributed by atoms with E-state index >= 15 is 0 Å². The lowest BCUT2D eigenvalue weighted by atomic mass is 9.91. The van der Waals surface area contributed by atoms with Gasteiger partial charge in [-0.2, -0.15) is 0 Å². The fraction of sp³-hybridized carbons (Fsp3) is 0.625.